The van der Waals surface area contributed by atoms with Gasteiger partial charge in [-0.2, -0.15) is 0 Å². The summed E-state index contributed by atoms with van der Waals surface area (Å²) >= 11 is 3.31. The lowest BCUT2D eigenvalue weighted by Crippen LogP contribution is -2.14. The average Bonchev–Trinajstić information content (AvgIpc) is 4.11. The van der Waals surface area contributed by atoms with Gasteiger partial charge >= 0.3 is 11.9 Å². The summed E-state index contributed by atoms with van der Waals surface area (Å²) in [6, 6.07) is 20.9. The van der Waals surface area contributed by atoms with Crippen molar-refractivity contribution in [2.75, 3.05) is 64.4 Å². The molecule has 4 aromatic heterocycles. The zero-order chi connectivity index (χ0) is 52.6. The zero-order valence-corrected chi connectivity index (χ0v) is 45.4. The topological polar surface area (TPSA) is 187 Å². The van der Waals surface area contributed by atoms with Crippen LogP contribution in [-0.2, 0) is 70.4 Å². The minimum atomic E-state index is -0.824. The number of rotatable bonds is 22. The van der Waals surface area contributed by atoms with Gasteiger partial charge in [-0.05, 0) is 171 Å². The SMILES string of the molecule is COc1ccc(C2=CCOCC2)cc1[C@@H](CC(=O)O)Cc1csc(CCCc2ccc3c(n2)NCCC3)n1.COc1ccc(C2=CCOCC2)cc1[C@H](CC(=O)O)Cc1csc(CCCc2ccc3c(n2)NCCC3)n1. The maximum Gasteiger partial charge on any atom is 0.303 e. The second-order valence-electron chi connectivity index (χ2n) is 19.9. The fraction of sp³-hybridized carbons (Fsp3) is 0.433. The number of aliphatic carboxylic acids is 2. The highest BCUT2D eigenvalue weighted by molar-refractivity contribution is 7.09. The van der Waals surface area contributed by atoms with Crippen LogP contribution in [0.5, 0.6) is 11.5 Å². The van der Waals surface area contributed by atoms with Gasteiger partial charge in [0.2, 0.25) is 0 Å². The Kier molecular flexibility index (Phi) is 19.3. The largest absolute Gasteiger partial charge is 0.496 e. The molecule has 4 aliphatic rings. The number of carboxylic acids is 2. The summed E-state index contributed by atoms with van der Waals surface area (Å²) in [4.78, 5) is 43.0. The first-order valence-electron chi connectivity index (χ1n) is 26.8. The number of nitrogens with one attached hydrogen (secondary N) is 2. The molecule has 76 heavy (non-hydrogen) atoms. The molecule has 16 heteroatoms. The Morgan fingerprint density at radius 3 is 1.46 bits per heavy atom. The number of methoxy groups -OCH3 is 2. The summed E-state index contributed by atoms with van der Waals surface area (Å²) in [6.45, 7) is 4.61. The van der Waals surface area contributed by atoms with Crippen molar-refractivity contribution in [3.05, 3.63) is 150 Å². The minimum Gasteiger partial charge on any atom is -0.496 e. The lowest BCUT2D eigenvalue weighted by atomic mass is 9.88. The number of hydrogen-bond donors (Lipinski definition) is 4. The van der Waals surface area contributed by atoms with E-state index in [-0.39, 0.29) is 24.7 Å². The number of thiazole rings is 2. The van der Waals surface area contributed by atoms with Gasteiger partial charge in [-0.25, -0.2) is 19.9 Å². The van der Waals surface area contributed by atoms with E-state index in [1.165, 1.54) is 35.1 Å². The zero-order valence-electron chi connectivity index (χ0n) is 43.7. The van der Waals surface area contributed by atoms with Crippen molar-refractivity contribution in [3.8, 4) is 11.5 Å². The number of ether oxygens (including phenoxy) is 4. The molecule has 8 heterocycles. The number of aromatic nitrogens is 4. The fourth-order valence-electron chi connectivity index (χ4n) is 10.6. The van der Waals surface area contributed by atoms with E-state index in [1.807, 2.05) is 24.3 Å². The molecule has 4 N–H and O–H groups in total. The Balaban J connectivity index is 0.000000186. The number of nitrogens with zero attached hydrogens (tertiary/aromatic N) is 4. The quantitative estimate of drug-likeness (QED) is 0.0503. The molecular weight excluding hydrogens is 997 g/mol. The highest BCUT2D eigenvalue weighted by Crippen LogP contribution is 2.38. The molecule has 0 unspecified atom stereocenters. The summed E-state index contributed by atoms with van der Waals surface area (Å²) in [7, 11) is 3.27. The van der Waals surface area contributed by atoms with E-state index in [9.17, 15) is 19.8 Å². The molecular formula is C60H70N6O8S2. The van der Waals surface area contributed by atoms with Crippen molar-refractivity contribution < 1.29 is 38.7 Å². The molecule has 0 bridgehead atoms. The Bertz CT molecular complexity index is 2800. The van der Waals surface area contributed by atoms with Crippen LogP contribution in [0.25, 0.3) is 11.1 Å². The third-order valence-corrected chi connectivity index (χ3v) is 16.4. The normalized spacial score (nSPS) is 15.8. The van der Waals surface area contributed by atoms with E-state index in [4.69, 9.17) is 38.9 Å². The third kappa shape index (κ3) is 14.9. The van der Waals surface area contributed by atoms with E-state index < -0.39 is 11.9 Å². The van der Waals surface area contributed by atoms with Crippen LogP contribution in [0, 0.1) is 0 Å². The predicted octanol–water partition coefficient (Wildman–Crippen LogP) is 11.4. The smallest absolute Gasteiger partial charge is 0.303 e. The van der Waals surface area contributed by atoms with Gasteiger partial charge < -0.3 is 39.8 Å². The van der Waals surface area contributed by atoms with E-state index in [2.05, 4.69) is 69.9 Å². The van der Waals surface area contributed by atoms with Crippen LogP contribution in [0.4, 0.5) is 11.6 Å². The van der Waals surface area contributed by atoms with Crippen molar-refractivity contribution in [2.24, 2.45) is 0 Å². The Morgan fingerprint density at radius 1 is 0.592 bits per heavy atom. The van der Waals surface area contributed by atoms with Crippen molar-refractivity contribution in [3.63, 3.8) is 0 Å². The van der Waals surface area contributed by atoms with Crippen LogP contribution in [0.1, 0.15) is 129 Å². The number of fused-ring (bicyclic) bond motifs is 2. The molecule has 0 fully saturated rings. The molecule has 14 nitrogen and oxygen atoms in total. The van der Waals surface area contributed by atoms with Gasteiger partial charge in [-0.3, -0.25) is 9.59 Å². The van der Waals surface area contributed by atoms with Crippen LogP contribution in [0.15, 0.2) is 83.6 Å². The molecule has 4 aliphatic heterocycles. The maximum absolute atomic E-state index is 11.8. The Labute approximate surface area is 454 Å². The van der Waals surface area contributed by atoms with Crippen LogP contribution < -0.4 is 20.1 Å². The predicted molar refractivity (Wildman–Crippen MR) is 301 cm³/mol. The van der Waals surface area contributed by atoms with Gasteiger partial charge in [0, 0.05) is 47.1 Å². The summed E-state index contributed by atoms with van der Waals surface area (Å²) in [6.07, 6.45) is 17.1. The van der Waals surface area contributed by atoms with Gasteiger partial charge in [0.05, 0.1) is 74.9 Å². The van der Waals surface area contributed by atoms with Gasteiger partial charge in [0.1, 0.15) is 23.1 Å². The molecule has 6 aromatic rings. The van der Waals surface area contributed by atoms with E-state index in [0.29, 0.717) is 39.3 Å². The minimum absolute atomic E-state index is 0.0207. The number of hydrogen-bond acceptors (Lipinski definition) is 14. The second kappa shape index (κ2) is 27.0. The van der Waals surface area contributed by atoms with Gasteiger partial charge in [-0.1, -0.05) is 36.4 Å². The highest BCUT2D eigenvalue weighted by Gasteiger charge is 2.25. The summed E-state index contributed by atoms with van der Waals surface area (Å²) in [5.74, 6) is 1.41. The van der Waals surface area contributed by atoms with E-state index >= 15 is 0 Å². The molecule has 0 saturated carbocycles. The Hall–Kier alpha value is -6.46. The lowest BCUT2D eigenvalue weighted by Gasteiger charge is -2.21. The van der Waals surface area contributed by atoms with Crippen molar-refractivity contribution in [2.45, 2.75) is 115 Å². The van der Waals surface area contributed by atoms with Gasteiger partial charge in [-0.15, -0.1) is 22.7 Å². The Morgan fingerprint density at radius 2 is 1.05 bits per heavy atom. The number of aryl methyl sites for hydroxylation is 6. The van der Waals surface area contributed by atoms with Crippen LogP contribution >= 0.6 is 22.7 Å². The number of anilines is 2. The van der Waals surface area contributed by atoms with Crippen LogP contribution in [0.3, 0.4) is 0 Å². The van der Waals surface area contributed by atoms with Crippen molar-refractivity contribution in [1.29, 1.82) is 0 Å². The number of pyridine rings is 2. The molecule has 0 saturated heterocycles. The molecule has 2 atom stereocenters. The number of benzene rings is 2. The molecule has 10 rings (SSSR count). The van der Waals surface area contributed by atoms with E-state index in [1.54, 1.807) is 36.9 Å². The van der Waals surface area contributed by atoms with Crippen molar-refractivity contribution >= 4 is 57.4 Å². The number of carboxylic acid groups (broad SMARTS) is 2. The molecule has 2 aromatic carbocycles. The highest BCUT2D eigenvalue weighted by atomic mass is 32.1. The third-order valence-electron chi connectivity index (χ3n) is 14.5. The summed E-state index contributed by atoms with van der Waals surface area (Å²) in [5, 5.41) is 32.5. The first-order valence-corrected chi connectivity index (χ1v) is 28.6. The summed E-state index contributed by atoms with van der Waals surface area (Å²) in [5.41, 5.74) is 13.2. The first kappa shape index (κ1) is 54.3. The molecule has 0 aliphatic carbocycles. The maximum atomic E-state index is 11.8. The van der Waals surface area contributed by atoms with Gasteiger partial charge in [0.25, 0.3) is 0 Å². The van der Waals surface area contributed by atoms with Crippen molar-refractivity contribution in [1.82, 2.24) is 19.9 Å². The second-order valence-corrected chi connectivity index (χ2v) is 21.8. The first-order chi connectivity index (χ1) is 37.2. The standard InChI is InChI=1S/2C30H35N3O4S/c2*1-36-27-10-8-22(20-11-14-37-15-12-20)17-26(27)23(18-29(34)35)16-25-19-38-28(32-25)6-2-5-24-9-7-21-4-3-13-31-30(21)33-24/h2*7-11,17,19,23H,2-6,12-16,18H2,1H3,(H,31,33)(H,34,35)/t2*23-/m10/s1. The lowest BCUT2D eigenvalue weighted by molar-refractivity contribution is -0.138. The molecule has 0 amide bonds. The number of carbonyl (C=O) groups is 2. The average molecular weight is 1070 g/mol. The van der Waals surface area contributed by atoms with Crippen LogP contribution in [0.2, 0.25) is 0 Å². The van der Waals surface area contributed by atoms with Gasteiger partial charge in [0.15, 0.2) is 0 Å². The fourth-order valence-corrected chi connectivity index (χ4v) is 12.3. The molecule has 0 radical (unpaired) electrons. The van der Waals surface area contributed by atoms with E-state index in [0.717, 1.165) is 155 Å². The molecule has 0 spiro atoms. The van der Waals surface area contributed by atoms with Crippen LogP contribution in [-0.4, -0.2) is 95.8 Å². The molecule has 400 valence electrons. The monoisotopic (exact) mass is 1070 g/mol. The summed E-state index contributed by atoms with van der Waals surface area (Å²) < 4.78 is 22.2.